The Labute approximate surface area is 99.2 Å². The Bertz CT molecular complexity index is 284. The molecule has 4 nitrogen and oxygen atoms in total. The molecule has 1 heterocycles. The number of hydrogen-bond donors (Lipinski definition) is 2. The highest BCUT2D eigenvalue weighted by molar-refractivity contribution is 7.89. The van der Waals surface area contributed by atoms with Crippen molar-refractivity contribution >= 4 is 10.0 Å². The van der Waals surface area contributed by atoms with Gasteiger partial charge in [0.1, 0.15) is 0 Å². The lowest BCUT2D eigenvalue weighted by Crippen LogP contribution is -2.39. The summed E-state index contributed by atoms with van der Waals surface area (Å²) < 4.78 is 26.2. The van der Waals surface area contributed by atoms with Crippen molar-refractivity contribution in [2.24, 2.45) is 5.92 Å². The van der Waals surface area contributed by atoms with Crippen molar-refractivity contribution in [3.63, 3.8) is 0 Å². The topological polar surface area (TPSA) is 58.2 Å². The van der Waals surface area contributed by atoms with Gasteiger partial charge in [-0.15, -0.1) is 0 Å². The second-order valence-corrected chi connectivity index (χ2v) is 6.67. The Kier molecular flexibility index (Phi) is 5.72. The van der Waals surface area contributed by atoms with Crippen LogP contribution in [0.3, 0.4) is 0 Å². The lowest BCUT2D eigenvalue weighted by atomic mass is 10.1. The first-order chi connectivity index (χ1) is 7.53. The molecule has 0 aromatic rings. The lowest BCUT2D eigenvalue weighted by Gasteiger charge is -2.14. The summed E-state index contributed by atoms with van der Waals surface area (Å²) in [6.07, 6.45) is 4.25. The molecule has 0 spiro atoms. The van der Waals surface area contributed by atoms with Gasteiger partial charge in [-0.1, -0.05) is 20.3 Å². The van der Waals surface area contributed by atoms with Crippen LogP contribution in [0.2, 0.25) is 0 Å². The summed E-state index contributed by atoms with van der Waals surface area (Å²) in [5.74, 6) is 0.507. The third-order valence-electron chi connectivity index (χ3n) is 3.00. The van der Waals surface area contributed by atoms with E-state index >= 15 is 0 Å². The van der Waals surface area contributed by atoms with Crippen molar-refractivity contribution in [3.8, 4) is 0 Å². The maximum atomic E-state index is 11.7. The molecule has 2 unspecified atom stereocenters. The van der Waals surface area contributed by atoms with Gasteiger partial charge in [0.2, 0.25) is 10.0 Å². The molecule has 96 valence electrons. The molecular formula is C11H24N2O2S. The molecule has 0 bridgehead atoms. The van der Waals surface area contributed by atoms with Crippen LogP contribution in [0.15, 0.2) is 0 Å². The summed E-state index contributed by atoms with van der Waals surface area (Å²) in [7, 11) is -3.08. The Balaban J connectivity index is 2.27. The van der Waals surface area contributed by atoms with Crippen molar-refractivity contribution in [2.75, 3.05) is 18.8 Å². The fourth-order valence-electron chi connectivity index (χ4n) is 2.17. The number of sulfonamides is 1. The minimum atomic E-state index is -3.08. The molecule has 2 N–H and O–H groups in total. The Morgan fingerprint density at radius 3 is 2.81 bits per heavy atom. The molecule has 0 aliphatic carbocycles. The van der Waals surface area contributed by atoms with Crippen LogP contribution in [0.4, 0.5) is 0 Å². The van der Waals surface area contributed by atoms with E-state index in [1.807, 2.05) is 6.92 Å². The molecule has 16 heavy (non-hydrogen) atoms. The molecule has 1 fully saturated rings. The van der Waals surface area contributed by atoms with E-state index in [9.17, 15) is 8.42 Å². The summed E-state index contributed by atoms with van der Waals surface area (Å²) in [5, 5.41) is 3.28. The largest absolute Gasteiger partial charge is 0.313 e. The molecule has 0 aromatic heterocycles. The normalized spacial score (nSPS) is 23.5. The third-order valence-corrected chi connectivity index (χ3v) is 4.61. The van der Waals surface area contributed by atoms with Crippen molar-refractivity contribution < 1.29 is 8.42 Å². The fourth-order valence-corrected chi connectivity index (χ4v) is 3.66. The molecule has 5 heteroatoms. The van der Waals surface area contributed by atoms with Crippen LogP contribution < -0.4 is 10.0 Å². The summed E-state index contributed by atoms with van der Waals surface area (Å²) in [6.45, 7) is 5.63. The van der Waals surface area contributed by atoms with Crippen LogP contribution >= 0.6 is 0 Å². The summed E-state index contributed by atoms with van der Waals surface area (Å²) >= 11 is 0. The smallest absolute Gasteiger partial charge is 0.211 e. The Morgan fingerprint density at radius 2 is 2.25 bits per heavy atom. The predicted octanol–water partition coefficient (Wildman–Crippen LogP) is 1.09. The zero-order valence-corrected chi connectivity index (χ0v) is 11.1. The quantitative estimate of drug-likeness (QED) is 0.709. The minimum Gasteiger partial charge on any atom is -0.313 e. The van der Waals surface area contributed by atoms with E-state index in [1.165, 1.54) is 0 Å². The van der Waals surface area contributed by atoms with Crippen LogP contribution in [0.25, 0.3) is 0 Å². The number of rotatable bonds is 7. The van der Waals surface area contributed by atoms with Crippen LogP contribution in [0, 0.1) is 5.92 Å². The van der Waals surface area contributed by atoms with E-state index in [0.29, 0.717) is 12.6 Å². The molecule has 2 atom stereocenters. The van der Waals surface area contributed by atoms with Crippen LogP contribution in [0.5, 0.6) is 0 Å². The molecule has 1 aliphatic heterocycles. The minimum absolute atomic E-state index is 0.249. The molecule has 0 amide bonds. The first-order valence-corrected chi connectivity index (χ1v) is 7.89. The second kappa shape index (κ2) is 6.57. The van der Waals surface area contributed by atoms with Crippen LogP contribution in [-0.4, -0.2) is 33.3 Å². The van der Waals surface area contributed by atoms with Gasteiger partial charge in [-0.2, -0.15) is 0 Å². The first kappa shape index (κ1) is 13.9. The fraction of sp³-hybridized carbons (Fsp3) is 1.00. The van der Waals surface area contributed by atoms with E-state index in [-0.39, 0.29) is 11.7 Å². The van der Waals surface area contributed by atoms with E-state index in [4.69, 9.17) is 0 Å². The standard InChI is InChI=1S/C11H24N2O2S/c1-3-5-10(2)9-16(14,15)13-8-11-6-4-7-12-11/h10-13H,3-9H2,1-2H3. The van der Waals surface area contributed by atoms with Gasteiger partial charge < -0.3 is 5.32 Å². The van der Waals surface area contributed by atoms with Gasteiger partial charge in [-0.3, -0.25) is 0 Å². The third kappa shape index (κ3) is 5.27. The van der Waals surface area contributed by atoms with E-state index in [0.717, 1.165) is 32.2 Å². The maximum absolute atomic E-state index is 11.7. The zero-order valence-electron chi connectivity index (χ0n) is 10.3. The van der Waals surface area contributed by atoms with Crippen molar-refractivity contribution in [1.29, 1.82) is 0 Å². The van der Waals surface area contributed by atoms with Gasteiger partial charge in [0.25, 0.3) is 0 Å². The number of hydrogen-bond acceptors (Lipinski definition) is 3. The monoisotopic (exact) mass is 248 g/mol. The molecule has 0 aromatic carbocycles. The van der Waals surface area contributed by atoms with Crippen molar-refractivity contribution in [1.82, 2.24) is 10.0 Å². The van der Waals surface area contributed by atoms with E-state index in [1.54, 1.807) is 0 Å². The van der Waals surface area contributed by atoms with Gasteiger partial charge >= 0.3 is 0 Å². The highest BCUT2D eigenvalue weighted by atomic mass is 32.2. The molecule has 1 aliphatic rings. The summed E-state index contributed by atoms with van der Waals surface area (Å²) in [6, 6.07) is 0.330. The lowest BCUT2D eigenvalue weighted by molar-refractivity contribution is 0.524. The van der Waals surface area contributed by atoms with Gasteiger partial charge in [-0.05, 0) is 31.7 Å². The Hall–Kier alpha value is -0.130. The van der Waals surface area contributed by atoms with Gasteiger partial charge in [-0.25, -0.2) is 13.1 Å². The van der Waals surface area contributed by atoms with Gasteiger partial charge in [0.15, 0.2) is 0 Å². The maximum Gasteiger partial charge on any atom is 0.211 e. The highest BCUT2D eigenvalue weighted by Crippen LogP contribution is 2.08. The van der Waals surface area contributed by atoms with E-state index < -0.39 is 10.0 Å². The van der Waals surface area contributed by atoms with Crippen molar-refractivity contribution in [2.45, 2.75) is 45.6 Å². The highest BCUT2D eigenvalue weighted by Gasteiger charge is 2.19. The van der Waals surface area contributed by atoms with Crippen LogP contribution in [0.1, 0.15) is 39.5 Å². The summed E-state index contributed by atoms with van der Waals surface area (Å²) in [4.78, 5) is 0. The summed E-state index contributed by atoms with van der Waals surface area (Å²) in [5.41, 5.74) is 0. The van der Waals surface area contributed by atoms with Gasteiger partial charge in [0.05, 0.1) is 5.75 Å². The van der Waals surface area contributed by atoms with Gasteiger partial charge in [0, 0.05) is 12.6 Å². The molecule has 1 rings (SSSR count). The molecule has 0 saturated carbocycles. The molecule has 0 radical (unpaired) electrons. The average Bonchev–Trinajstić information content (AvgIpc) is 2.66. The van der Waals surface area contributed by atoms with Crippen molar-refractivity contribution in [3.05, 3.63) is 0 Å². The average molecular weight is 248 g/mol. The number of nitrogens with one attached hydrogen (secondary N) is 2. The first-order valence-electron chi connectivity index (χ1n) is 6.24. The second-order valence-electron chi connectivity index (χ2n) is 4.82. The Morgan fingerprint density at radius 1 is 1.50 bits per heavy atom. The zero-order chi connectivity index (χ0) is 12.0. The molecular weight excluding hydrogens is 224 g/mol. The van der Waals surface area contributed by atoms with Crippen LogP contribution in [-0.2, 0) is 10.0 Å². The SMILES string of the molecule is CCCC(C)CS(=O)(=O)NCC1CCCN1. The molecule has 1 saturated heterocycles. The predicted molar refractivity (Wildman–Crippen MR) is 66.9 cm³/mol. The van der Waals surface area contributed by atoms with E-state index in [2.05, 4.69) is 17.0 Å².